The van der Waals surface area contributed by atoms with Crippen molar-refractivity contribution in [2.75, 3.05) is 7.11 Å². The van der Waals surface area contributed by atoms with Crippen LogP contribution in [0.25, 0.3) is 6.08 Å². The van der Waals surface area contributed by atoms with E-state index in [9.17, 15) is 26.4 Å². The number of hydrogen-bond donors (Lipinski definition) is 1. The van der Waals surface area contributed by atoms with Crippen LogP contribution < -0.4 is 5.32 Å². The van der Waals surface area contributed by atoms with Crippen LogP contribution in [0, 0.1) is 0 Å². The van der Waals surface area contributed by atoms with Crippen LogP contribution in [0.15, 0.2) is 30.0 Å². The number of ether oxygens (including phenoxy) is 1. The highest BCUT2D eigenvalue weighted by atomic mass is 32.2. The molecule has 1 unspecified atom stereocenters. The Balaban J connectivity index is 2.41. The van der Waals surface area contributed by atoms with E-state index in [1.165, 1.54) is 24.3 Å². The standard InChI is InChI=1S/C12H10F3NO5S/c1-20-11(17)9-6-7-4-2-3-5-8(7)10(16-9)21-22(18,19)12(13,14)15/h2-6,10,16H,1H3. The van der Waals surface area contributed by atoms with E-state index in [1.54, 1.807) is 6.07 Å². The number of rotatable bonds is 3. The van der Waals surface area contributed by atoms with Gasteiger partial charge in [-0.3, -0.25) is 0 Å². The van der Waals surface area contributed by atoms with Crippen LogP contribution in [0.3, 0.4) is 0 Å². The lowest BCUT2D eigenvalue weighted by Crippen LogP contribution is -2.36. The van der Waals surface area contributed by atoms with Crippen LogP contribution in [0.2, 0.25) is 0 Å². The molecular formula is C12H10F3NO5S. The number of carbonyl (C=O) groups excluding carboxylic acids is 1. The van der Waals surface area contributed by atoms with Crippen LogP contribution in [0.1, 0.15) is 17.4 Å². The zero-order valence-corrected chi connectivity index (χ0v) is 11.9. The summed E-state index contributed by atoms with van der Waals surface area (Å²) in [6.45, 7) is 0. The third-order valence-corrected chi connectivity index (χ3v) is 3.79. The second-order valence-corrected chi connectivity index (χ2v) is 5.76. The van der Waals surface area contributed by atoms with E-state index >= 15 is 0 Å². The molecule has 0 aromatic heterocycles. The van der Waals surface area contributed by atoms with Crippen LogP contribution in [0.4, 0.5) is 13.2 Å². The van der Waals surface area contributed by atoms with Crippen LogP contribution >= 0.6 is 0 Å². The molecular weight excluding hydrogens is 327 g/mol. The van der Waals surface area contributed by atoms with E-state index in [2.05, 4.69) is 14.2 Å². The van der Waals surface area contributed by atoms with Gasteiger partial charge in [-0.25, -0.2) is 8.98 Å². The fraction of sp³-hybridized carbons (Fsp3) is 0.250. The minimum Gasteiger partial charge on any atom is -0.464 e. The first-order chi connectivity index (χ1) is 10.2. The van der Waals surface area contributed by atoms with Gasteiger partial charge in [0.1, 0.15) is 5.70 Å². The lowest BCUT2D eigenvalue weighted by molar-refractivity contribution is -0.136. The highest BCUT2D eigenvalue weighted by Crippen LogP contribution is 2.33. The summed E-state index contributed by atoms with van der Waals surface area (Å²) in [5.41, 5.74) is -5.31. The zero-order valence-electron chi connectivity index (χ0n) is 11.0. The van der Waals surface area contributed by atoms with Crippen molar-refractivity contribution in [2.24, 2.45) is 0 Å². The number of methoxy groups -OCH3 is 1. The van der Waals surface area contributed by atoms with Crippen molar-refractivity contribution in [3.05, 3.63) is 41.1 Å². The first-order valence-corrected chi connectivity index (χ1v) is 7.21. The smallest absolute Gasteiger partial charge is 0.464 e. The summed E-state index contributed by atoms with van der Waals surface area (Å²) < 4.78 is 68.3. The Morgan fingerprint density at radius 3 is 2.50 bits per heavy atom. The van der Waals surface area contributed by atoms with E-state index in [4.69, 9.17) is 0 Å². The van der Waals surface area contributed by atoms with Gasteiger partial charge in [0.05, 0.1) is 7.11 Å². The minimum atomic E-state index is -5.84. The Morgan fingerprint density at radius 1 is 1.27 bits per heavy atom. The molecule has 1 N–H and O–H groups in total. The Labute approximate surface area is 123 Å². The molecule has 0 saturated carbocycles. The fourth-order valence-corrected chi connectivity index (χ4v) is 2.30. The normalized spacial score (nSPS) is 18.0. The molecule has 0 bridgehead atoms. The number of halogens is 3. The molecule has 0 amide bonds. The van der Waals surface area contributed by atoms with Gasteiger partial charge in [-0.2, -0.15) is 21.6 Å². The van der Waals surface area contributed by atoms with Crippen molar-refractivity contribution in [3.63, 3.8) is 0 Å². The van der Waals surface area contributed by atoms with E-state index in [1.807, 2.05) is 0 Å². The summed E-state index contributed by atoms with van der Waals surface area (Å²) in [5, 5.41) is 2.27. The lowest BCUT2D eigenvalue weighted by atomic mass is 10.0. The Kier molecular flexibility index (Phi) is 4.16. The number of fused-ring (bicyclic) bond motifs is 1. The van der Waals surface area contributed by atoms with Crippen LogP contribution in [0.5, 0.6) is 0 Å². The molecule has 1 aliphatic rings. The maximum absolute atomic E-state index is 12.4. The molecule has 1 aromatic carbocycles. The molecule has 6 nitrogen and oxygen atoms in total. The molecule has 1 aliphatic heterocycles. The summed E-state index contributed by atoms with van der Waals surface area (Å²) in [6, 6.07) is 5.94. The first-order valence-electron chi connectivity index (χ1n) is 5.81. The average molecular weight is 337 g/mol. The van der Waals surface area contributed by atoms with Gasteiger partial charge in [0.15, 0.2) is 6.23 Å². The average Bonchev–Trinajstić information content (AvgIpc) is 2.44. The highest BCUT2D eigenvalue weighted by molar-refractivity contribution is 7.87. The van der Waals surface area contributed by atoms with E-state index in [0.29, 0.717) is 5.56 Å². The predicted molar refractivity (Wildman–Crippen MR) is 68.4 cm³/mol. The number of benzene rings is 1. The van der Waals surface area contributed by atoms with Gasteiger partial charge in [-0.15, -0.1) is 0 Å². The van der Waals surface area contributed by atoms with E-state index in [-0.39, 0.29) is 11.3 Å². The highest BCUT2D eigenvalue weighted by Gasteiger charge is 2.49. The van der Waals surface area contributed by atoms with Crippen molar-refractivity contribution in [1.82, 2.24) is 5.32 Å². The summed E-state index contributed by atoms with van der Waals surface area (Å²) >= 11 is 0. The molecule has 2 rings (SSSR count). The molecule has 0 radical (unpaired) electrons. The number of hydrogen-bond acceptors (Lipinski definition) is 6. The predicted octanol–water partition coefficient (Wildman–Crippen LogP) is 1.67. The molecule has 0 fully saturated rings. The van der Waals surface area contributed by atoms with Gasteiger partial charge < -0.3 is 10.1 Å². The number of alkyl halides is 3. The van der Waals surface area contributed by atoms with Crippen LogP contribution in [-0.2, 0) is 23.8 Å². The summed E-state index contributed by atoms with van der Waals surface area (Å²) in [6.07, 6.45) is -0.372. The second kappa shape index (κ2) is 5.61. The maximum Gasteiger partial charge on any atom is 0.523 e. The Hall–Kier alpha value is -2.07. The van der Waals surface area contributed by atoms with Gasteiger partial charge in [0.2, 0.25) is 0 Å². The molecule has 120 valence electrons. The summed E-state index contributed by atoms with van der Waals surface area (Å²) in [7, 11) is -4.76. The maximum atomic E-state index is 12.4. The Morgan fingerprint density at radius 2 is 1.91 bits per heavy atom. The van der Waals surface area contributed by atoms with Crippen molar-refractivity contribution in [2.45, 2.75) is 11.7 Å². The number of nitrogens with one attached hydrogen (secondary N) is 1. The topological polar surface area (TPSA) is 81.7 Å². The quantitative estimate of drug-likeness (QED) is 0.513. The SMILES string of the molecule is COC(=O)C1=Cc2ccccc2C(OS(=O)(=O)C(F)(F)F)N1. The van der Waals surface area contributed by atoms with Crippen molar-refractivity contribution < 1.29 is 35.3 Å². The Bertz CT molecular complexity index is 727. The second-order valence-electron chi connectivity index (χ2n) is 4.20. The third kappa shape index (κ3) is 3.07. The van der Waals surface area contributed by atoms with Crippen molar-refractivity contribution in [3.8, 4) is 0 Å². The molecule has 0 saturated heterocycles. The van der Waals surface area contributed by atoms with E-state index < -0.39 is 27.8 Å². The summed E-state index contributed by atoms with van der Waals surface area (Å²) in [4.78, 5) is 11.5. The zero-order chi connectivity index (χ0) is 16.5. The van der Waals surface area contributed by atoms with Gasteiger partial charge in [0.25, 0.3) is 0 Å². The van der Waals surface area contributed by atoms with Crippen molar-refractivity contribution in [1.29, 1.82) is 0 Å². The molecule has 1 aromatic rings. The van der Waals surface area contributed by atoms with Gasteiger partial charge in [-0.05, 0) is 11.6 Å². The van der Waals surface area contributed by atoms with E-state index in [0.717, 1.165) is 7.11 Å². The largest absolute Gasteiger partial charge is 0.523 e. The molecule has 1 atom stereocenters. The molecule has 22 heavy (non-hydrogen) atoms. The van der Waals surface area contributed by atoms with Gasteiger partial charge in [0, 0.05) is 5.56 Å². The van der Waals surface area contributed by atoms with Crippen LogP contribution in [-0.4, -0.2) is 27.0 Å². The molecule has 1 heterocycles. The monoisotopic (exact) mass is 337 g/mol. The number of carbonyl (C=O) groups is 1. The minimum absolute atomic E-state index is 0.142. The van der Waals surface area contributed by atoms with Gasteiger partial charge in [-0.1, -0.05) is 24.3 Å². The first kappa shape index (κ1) is 16.3. The molecule has 0 aliphatic carbocycles. The molecule has 0 spiro atoms. The number of esters is 1. The van der Waals surface area contributed by atoms with Gasteiger partial charge >= 0.3 is 21.6 Å². The lowest BCUT2D eigenvalue weighted by Gasteiger charge is -2.26. The summed E-state index contributed by atoms with van der Waals surface area (Å²) in [5.74, 6) is -0.868. The fourth-order valence-electron chi connectivity index (χ4n) is 1.78. The third-order valence-electron chi connectivity index (χ3n) is 2.78. The molecule has 10 heteroatoms. The van der Waals surface area contributed by atoms with Crippen molar-refractivity contribution >= 4 is 22.2 Å².